The Bertz CT molecular complexity index is 427. The standard InChI is InChI=1S/C18H24S/c1-2-3-4-15-5-7-16(8-6-15)9-10-17-11-13-18(19)14-12-17/h11-16,19H,2-8H2,1H3. The average molecular weight is 272 g/mol. The Morgan fingerprint density at radius 3 is 2.42 bits per heavy atom. The third-order valence-electron chi connectivity index (χ3n) is 4.10. The van der Waals surface area contributed by atoms with E-state index in [-0.39, 0.29) is 0 Å². The van der Waals surface area contributed by atoms with Crippen LogP contribution in [0.2, 0.25) is 0 Å². The topological polar surface area (TPSA) is 0 Å². The molecule has 0 bridgehead atoms. The molecule has 1 heteroatoms. The monoisotopic (exact) mass is 272 g/mol. The Morgan fingerprint density at radius 1 is 1.11 bits per heavy atom. The minimum absolute atomic E-state index is 0.619. The molecule has 0 heterocycles. The molecule has 0 amide bonds. The maximum atomic E-state index is 4.29. The first-order valence-corrected chi connectivity index (χ1v) is 8.03. The zero-order valence-electron chi connectivity index (χ0n) is 11.9. The van der Waals surface area contributed by atoms with Crippen LogP contribution in [-0.2, 0) is 0 Å². The molecular weight excluding hydrogens is 248 g/mol. The Kier molecular flexibility index (Phi) is 5.86. The Morgan fingerprint density at radius 2 is 1.79 bits per heavy atom. The van der Waals surface area contributed by atoms with Gasteiger partial charge in [0.1, 0.15) is 0 Å². The molecular formula is C18H24S. The second-order valence-electron chi connectivity index (χ2n) is 5.68. The van der Waals surface area contributed by atoms with E-state index in [1.54, 1.807) is 0 Å². The minimum Gasteiger partial charge on any atom is -0.143 e. The first-order chi connectivity index (χ1) is 9.28. The van der Waals surface area contributed by atoms with Crippen molar-refractivity contribution in [2.45, 2.75) is 56.8 Å². The number of hydrogen-bond donors (Lipinski definition) is 1. The molecule has 2 rings (SSSR count). The van der Waals surface area contributed by atoms with Gasteiger partial charge in [-0.15, -0.1) is 12.6 Å². The van der Waals surface area contributed by atoms with E-state index >= 15 is 0 Å². The molecule has 1 aliphatic rings. The van der Waals surface area contributed by atoms with Crippen molar-refractivity contribution in [3.8, 4) is 11.8 Å². The fourth-order valence-corrected chi connectivity index (χ4v) is 2.97. The van der Waals surface area contributed by atoms with Crippen molar-refractivity contribution >= 4 is 12.6 Å². The van der Waals surface area contributed by atoms with Crippen molar-refractivity contribution in [1.29, 1.82) is 0 Å². The van der Waals surface area contributed by atoms with Crippen molar-refractivity contribution in [1.82, 2.24) is 0 Å². The van der Waals surface area contributed by atoms with Crippen LogP contribution in [0.3, 0.4) is 0 Å². The summed E-state index contributed by atoms with van der Waals surface area (Å²) in [6.45, 7) is 2.28. The van der Waals surface area contributed by atoms with Crippen molar-refractivity contribution in [2.75, 3.05) is 0 Å². The summed E-state index contributed by atoms with van der Waals surface area (Å²) in [6.07, 6.45) is 9.53. The Labute approximate surface area is 123 Å². The summed E-state index contributed by atoms with van der Waals surface area (Å²) in [5, 5.41) is 0. The fraction of sp³-hybridized carbons (Fsp3) is 0.556. The molecule has 0 radical (unpaired) electrons. The number of rotatable bonds is 3. The van der Waals surface area contributed by atoms with Crippen LogP contribution >= 0.6 is 12.6 Å². The van der Waals surface area contributed by atoms with E-state index in [4.69, 9.17) is 0 Å². The van der Waals surface area contributed by atoms with Gasteiger partial charge in [0, 0.05) is 16.4 Å². The number of hydrogen-bond acceptors (Lipinski definition) is 1. The molecule has 0 saturated heterocycles. The zero-order valence-corrected chi connectivity index (χ0v) is 12.8. The van der Waals surface area contributed by atoms with Crippen LogP contribution in [-0.4, -0.2) is 0 Å². The summed E-state index contributed by atoms with van der Waals surface area (Å²) in [6, 6.07) is 8.13. The lowest BCUT2D eigenvalue weighted by Crippen LogP contribution is -2.13. The Hall–Kier alpha value is -0.870. The minimum atomic E-state index is 0.619. The second-order valence-corrected chi connectivity index (χ2v) is 6.19. The van der Waals surface area contributed by atoms with Gasteiger partial charge in [-0.3, -0.25) is 0 Å². The van der Waals surface area contributed by atoms with Gasteiger partial charge >= 0.3 is 0 Å². The highest BCUT2D eigenvalue weighted by Crippen LogP contribution is 2.31. The quantitative estimate of drug-likeness (QED) is 0.558. The predicted octanol–water partition coefficient (Wildman–Crippen LogP) is 5.32. The van der Waals surface area contributed by atoms with Gasteiger partial charge in [-0.2, -0.15) is 0 Å². The SMILES string of the molecule is CCCCC1CCC(C#Cc2ccc(S)cc2)CC1. The lowest BCUT2D eigenvalue weighted by molar-refractivity contribution is 0.296. The largest absolute Gasteiger partial charge is 0.143 e. The maximum absolute atomic E-state index is 4.29. The van der Waals surface area contributed by atoms with Gasteiger partial charge < -0.3 is 0 Å². The summed E-state index contributed by atoms with van der Waals surface area (Å²) in [5.74, 6) is 8.37. The molecule has 1 fully saturated rings. The smallest absolute Gasteiger partial charge is 0.0246 e. The molecule has 0 aromatic heterocycles. The van der Waals surface area contributed by atoms with Gasteiger partial charge in [0.2, 0.25) is 0 Å². The summed E-state index contributed by atoms with van der Waals surface area (Å²) in [5.41, 5.74) is 1.12. The first kappa shape index (κ1) is 14.5. The average Bonchev–Trinajstić information content (AvgIpc) is 2.46. The maximum Gasteiger partial charge on any atom is 0.0246 e. The van der Waals surface area contributed by atoms with Crippen molar-refractivity contribution in [2.24, 2.45) is 11.8 Å². The molecule has 19 heavy (non-hydrogen) atoms. The number of unbranched alkanes of at least 4 members (excludes halogenated alkanes) is 1. The molecule has 1 aliphatic carbocycles. The molecule has 0 aliphatic heterocycles. The van der Waals surface area contributed by atoms with Gasteiger partial charge in [-0.1, -0.05) is 38.0 Å². The molecule has 0 atom stereocenters. The van der Waals surface area contributed by atoms with Crippen LogP contribution in [0.25, 0.3) is 0 Å². The van der Waals surface area contributed by atoms with E-state index in [1.807, 2.05) is 12.1 Å². The third-order valence-corrected chi connectivity index (χ3v) is 4.40. The molecule has 1 aromatic carbocycles. The third kappa shape index (κ3) is 4.96. The highest BCUT2D eigenvalue weighted by molar-refractivity contribution is 7.80. The highest BCUT2D eigenvalue weighted by atomic mass is 32.1. The van der Waals surface area contributed by atoms with E-state index in [9.17, 15) is 0 Å². The van der Waals surface area contributed by atoms with Gasteiger partial charge in [0.25, 0.3) is 0 Å². The van der Waals surface area contributed by atoms with Crippen LogP contribution in [0.4, 0.5) is 0 Å². The number of benzene rings is 1. The van der Waals surface area contributed by atoms with Gasteiger partial charge in [0.05, 0.1) is 0 Å². The summed E-state index contributed by atoms with van der Waals surface area (Å²) in [7, 11) is 0. The van der Waals surface area contributed by atoms with Crippen molar-refractivity contribution < 1.29 is 0 Å². The van der Waals surface area contributed by atoms with Gasteiger partial charge in [-0.05, 0) is 55.9 Å². The summed E-state index contributed by atoms with van der Waals surface area (Å²) in [4.78, 5) is 1.00. The Balaban J connectivity index is 1.81. The van der Waals surface area contributed by atoms with Crippen LogP contribution in [0, 0.1) is 23.7 Å². The van der Waals surface area contributed by atoms with E-state index in [0.717, 1.165) is 16.4 Å². The van der Waals surface area contributed by atoms with Crippen LogP contribution in [0.1, 0.15) is 57.4 Å². The molecule has 0 spiro atoms. The zero-order chi connectivity index (χ0) is 13.5. The van der Waals surface area contributed by atoms with E-state index < -0.39 is 0 Å². The van der Waals surface area contributed by atoms with Gasteiger partial charge in [-0.25, -0.2) is 0 Å². The summed E-state index contributed by atoms with van der Waals surface area (Å²) < 4.78 is 0. The van der Waals surface area contributed by atoms with Crippen LogP contribution < -0.4 is 0 Å². The lowest BCUT2D eigenvalue weighted by atomic mass is 9.80. The fourth-order valence-electron chi connectivity index (χ4n) is 2.82. The first-order valence-electron chi connectivity index (χ1n) is 7.58. The molecule has 0 nitrogen and oxygen atoms in total. The van der Waals surface area contributed by atoms with E-state index in [0.29, 0.717) is 5.92 Å². The summed E-state index contributed by atoms with van der Waals surface area (Å²) >= 11 is 4.29. The van der Waals surface area contributed by atoms with Crippen LogP contribution in [0.15, 0.2) is 29.2 Å². The lowest BCUT2D eigenvalue weighted by Gasteiger charge is -2.25. The van der Waals surface area contributed by atoms with Crippen LogP contribution in [0.5, 0.6) is 0 Å². The molecule has 1 saturated carbocycles. The van der Waals surface area contributed by atoms with Crippen molar-refractivity contribution in [3.63, 3.8) is 0 Å². The normalized spacial score (nSPS) is 22.6. The second kappa shape index (κ2) is 7.65. The molecule has 0 unspecified atom stereocenters. The molecule has 1 aromatic rings. The van der Waals surface area contributed by atoms with Gasteiger partial charge in [0.15, 0.2) is 0 Å². The van der Waals surface area contributed by atoms with E-state index in [2.05, 4.69) is 43.5 Å². The van der Waals surface area contributed by atoms with Crippen molar-refractivity contribution in [3.05, 3.63) is 29.8 Å². The number of thiol groups is 1. The molecule has 102 valence electrons. The molecule has 0 N–H and O–H groups in total. The van der Waals surface area contributed by atoms with E-state index in [1.165, 1.54) is 44.9 Å². The predicted molar refractivity (Wildman–Crippen MR) is 85.5 cm³/mol. The highest BCUT2D eigenvalue weighted by Gasteiger charge is 2.18.